The van der Waals surface area contributed by atoms with Gasteiger partial charge in [-0.25, -0.2) is 5.43 Å². The summed E-state index contributed by atoms with van der Waals surface area (Å²) in [4.78, 5) is 23.1. The molecule has 30 heavy (non-hydrogen) atoms. The van der Waals surface area contributed by atoms with E-state index >= 15 is 0 Å². The summed E-state index contributed by atoms with van der Waals surface area (Å²) >= 11 is 0. The summed E-state index contributed by atoms with van der Waals surface area (Å²) in [7, 11) is 1.51. The summed E-state index contributed by atoms with van der Waals surface area (Å²) in [6, 6.07) is 13.6. The SMILES string of the molecule is COc1cc(C)ccc1C(=O)N/N=C\c1cc(C)n(-c2cccc([N+](=O)[O-])c2)c1C. The van der Waals surface area contributed by atoms with Crippen LogP contribution in [0.3, 0.4) is 0 Å². The first-order valence-electron chi connectivity index (χ1n) is 9.23. The Labute approximate surface area is 173 Å². The van der Waals surface area contributed by atoms with Gasteiger partial charge in [0, 0.05) is 29.1 Å². The first kappa shape index (κ1) is 20.8. The molecule has 0 saturated heterocycles. The van der Waals surface area contributed by atoms with Crippen LogP contribution in [0.15, 0.2) is 53.6 Å². The summed E-state index contributed by atoms with van der Waals surface area (Å²) in [6.45, 7) is 5.70. The summed E-state index contributed by atoms with van der Waals surface area (Å²) in [5.41, 5.74) is 7.12. The van der Waals surface area contributed by atoms with E-state index in [1.807, 2.05) is 37.5 Å². The maximum absolute atomic E-state index is 12.4. The number of methoxy groups -OCH3 is 1. The van der Waals surface area contributed by atoms with Gasteiger partial charge in [0.05, 0.1) is 29.5 Å². The Morgan fingerprint density at radius 3 is 2.63 bits per heavy atom. The number of benzene rings is 2. The first-order valence-corrected chi connectivity index (χ1v) is 9.23. The van der Waals surface area contributed by atoms with Gasteiger partial charge in [-0.3, -0.25) is 14.9 Å². The molecule has 1 aromatic heterocycles. The molecule has 2 aromatic carbocycles. The number of nitrogens with zero attached hydrogens (tertiary/aromatic N) is 3. The number of hydrogen-bond acceptors (Lipinski definition) is 5. The third-order valence-corrected chi connectivity index (χ3v) is 4.74. The quantitative estimate of drug-likeness (QED) is 0.379. The van der Waals surface area contributed by atoms with Crippen molar-refractivity contribution in [2.24, 2.45) is 5.10 Å². The van der Waals surface area contributed by atoms with Gasteiger partial charge in [0.25, 0.3) is 11.6 Å². The number of hydrazone groups is 1. The Morgan fingerprint density at radius 1 is 1.17 bits per heavy atom. The van der Waals surface area contributed by atoms with Gasteiger partial charge in [-0.15, -0.1) is 0 Å². The standard InChI is InChI=1S/C22H22N4O4/c1-14-8-9-20(21(10-14)30-4)22(27)24-23-13-17-11-15(2)25(16(17)3)18-6-5-7-19(12-18)26(28)29/h5-13H,1-4H3,(H,24,27)/b23-13-. The molecule has 0 spiro atoms. The minimum atomic E-state index is -0.422. The van der Waals surface area contributed by atoms with E-state index in [2.05, 4.69) is 10.5 Å². The van der Waals surface area contributed by atoms with E-state index in [0.29, 0.717) is 17.0 Å². The Kier molecular flexibility index (Phi) is 5.96. The average molecular weight is 406 g/mol. The summed E-state index contributed by atoms with van der Waals surface area (Å²) in [6.07, 6.45) is 1.55. The maximum Gasteiger partial charge on any atom is 0.275 e. The Morgan fingerprint density at radius 2 is 1.93 bits per heavy atom. The van der Waals surface area contributed by atoms with E-state index in [-0.39, 0.29) is 11.6 Å². The molecule has 8 nitrogen and oxygen atoms in total. The number of non-ortho nitro benzene ring substituents is 1. The second kappa shape index (κ2) is 8.60. The average Bonchev–Trinajstić information content (AvgIpc) is 3.00. The largest absolute Gasteiger partial charge is 0.496 e. The molecule has 0 aliphatic heterocycles. The molecule has 0 fully saturated rings. The Bertz CT molecular complexity index is 1150. The Balaban J connectivity index is 1.82. The van der Waals surface area contributed by atoms with E-state index in [0.717, 1.165) is 22.5 Å². The second-order valence-electron chi connectivity index (χ2n) is 6.84. The zero-order valence-electron chi connectivity index (χ0n) is 17.2. The van der Waals surface area contributed by atoms with Crippen LogP contribution in [0.2, 0.25) is 0 Å². The van der Waals surface area contributed by atoms with Crippen molar-refractivity contribution in [3.63, 3.8) is 0 Å². The van der Waals surface area contributed by atoms with E-state index in [9.17, 15) is 14.9 Å². The first-order chi connectivity index (χ1) is 14.3. The van der Waals surface area contributed by atoms with Crippen molar-refractivity contribution in [1.29, 1.82) is 0 Å². The Hall–Kier alpha value is -3.94. The predicted octanol–water partition coefficient (Wildman–Crippen LogP) is 4.08. The molecule has 0 saturated carbocycles. The van der Waals surface area contributed by atoms with Crippen LogP contribution in [0, 0.1) is 30.9 Å². The number of nitrogens with one attached hydrogen (secondary N) is 1. The number of rotatable bonds is 6. The van der Waals surface area contributed by atoms with Crippen molar-refractivity contribution in [2.45, 2.75) is 20.8 Å². The fourth-order valence-electron chi connectivity index (χ4n) is 3.27. The topological polar surface area (TPSA) is 98.8 Å². The summed E-state index contributed by atoms with van der Waals surface area (Å²) < 4.78 is 7.16. The zero-order valence-corrected chi connectivity index (χ0v) is 17.2. The fraction of sp³-hybridized carbons (Fsp3) is 0.182. The van der Waals surface area contributed by atoms with Crippen LogP contribution >= 0.6 is 0 Å². The molecular formula is C22H22N4O4. The second-order valence-corrected chi connectivity index (χ2v) is 6.84. The highest BCUT2D eigenvalue weighted by atomic mass is 16.6. The van der Waals surface area contributed by atoms with Crippen LogP contribution < -0.4 is 10.2 Å². The molecule has 0 aliphatic rings. The van der Waals surface area contributed by atoms with Gasteiger partial charge in [-0.05, 0) is 50.6 Å². The van der Waals surface area contributed by atoms with E-state index < -0.39 is 4.92 Å². The molecule has 0 unspecified atom stereocenters. The molecule has 8 heteroatoms. The number of hydrogen-bond donors (Lipinski definition) is 1. The van der Waals surface area contributed by atoms with Crippen molar-refractivity contribution in [1.82, 2.24) is 9.99 Å². The lowest BCUT2D eigenvalue weighted by molar-refractivity contribution is -0.384. The third kappa shape index (κ3) is 4.22. The van der Waals surface area contributed by atoms with Crippen LogP contribution in [0.4, 0.5) is 5.69 Å². The summed E-state index contributed by atoms with van der Waals surface area (Å²) in [5, 5.41) is 15.1. The number of carbonyl (C=O) groups excluding carboxylic acids is 1. The fourth-order valence-corrected chi connectivity index (χ4v) is 3.27. The lowest BCUT2D eigenvalue weighted by Gasteiger charge is -2.09. The number of ether oxygens (including phenoxy) is 1. The third-order valence-electron chi connectivity index (χ3n) is 4.74. The molecule has 1 N–H and O–H groups in total. The van der Waals surface area contributed by atoms with Crippen molar-refractivity contribution >= 4 is 17.8 Å². The molecule has 0 radical (unpaired) electrons. The van der Waals surface area contributed by atoms with Crippen molar-refractivity contribution in [3.8, 4) is 11.4 Å². The zero-order chi connectivity index (χ0) is 21.8. The van der Waals surface area contributed by atoms with Gasteiger partial charge in [-0.1, -0.05) is 12.1 Å². The normalized spacial score (nSPS) is 10.9. The highest BCUT2D eigenvalue weighted by Crippen LogP contribution is 2.23. The van der Waals surface area contributed by atoms with Gasteiger partial charge in [0.15, 0.2) is 0 Å². The number of aromatic nitrogens is 1. The minimum absolute atomic E-state index is 0.0227. The molecule has 154 valence electrons. The predicted molar refractivity (Wildman–Crippen MR) is 115 cm³/mol. The van der Waals surface area contributed by atoms with E-state index in [1.54, 1.807) is 30.5 Å². The number of nitro benzene ring substituents is 1. The molecule has 3 aromatic rings. The summed E-state index contributed by atoms with van der Waals surface area (Å²) in [5.74, 6) is 0.0992. The number of aryl methyl sites for hydroxylation is 2. The van der Waals surface area contributed by atoms with Gasteiger partial charge >= 0.3 is 0 Å². The van der Waals surface area contributed by atoms with Gasteiger partial charge in [-0.2, -0.15) is 5.10 Å². The van der Waals surface area contributed by atoms with Crippen LogP contribution in [0.5, 0.6) is 5.75 Å². The number of nitro groups is 1. The number of carbonyl (C=O) groups is 1. The molecule has 0 atom stereocenters. The van der Waals surface area contributed by atoms with Gasteiger partial charge in [0.1, 0.15) is 5.75 Å². The molecule has 0 aliphatic carbocycles. The van der Waals surface area contributed by atoms with Crippen LogP contribution in [-0.4, -0.2) is 28.7 Å². The highest BCUT2D eigenvalue weighted by Gasteiger charge is 2.14. The van der Waals surface area contributed by atoms with E-state index in [1.165, 1.54) is 19.2 Å². The molecule has 1 amide bonds. The van der Waals surface area contributed by atoms with Gasteiger partial charge in [0.2, 0.25) is 0 Å². The van der Waals surface area contributed by atoms with E-state index in [4.69, 9.17) is 4.74 Å². The van der Waals surface area contributed by atoms with Crippen molar-refractivity contribution in [2.75, 3.05) is 7.11 Å². The maximum atomic E-state index is 12.4. The molecular weight excluding hydrogens is 384 g/mol. The van der Waals surface area contributed by atoms with Crippen molar-refractivity contribution < 1.29 is 14.5 Å². The van der Waals surface area contributed by atoms with Gasteiger partial charge < -0.3 is 9.30 Å². The molecule has 1 heterocycles. The van der Waals surface area contributed by atoms with Crippen LogP contribution in [0.1, 0.15) is 32.9 Å². The van der Waals surface area contributed by atoms with Crippen molar-refractivity contribution in [3.05, 3.63) is 86.7 Å². The van der Waals surface area contributed by atoms with Crippen LogP contribution in [0.25, 0.3) is 5.69 Å². The lowest BCUT2D eigenvalue weighted by Crippen LogP contribution is -2.18. The van der Waals surface area contributed by atoms with Crippen LogP contribution in [-0.2, 0) is 0 Å². The number of amides is 1. The minimum Gasteiger partial charge on any atom is -0.496 e. The monoisotopic (exact) mass is 406 g/mol. The molecule has 3 rings (SSSR count). The molecule has 0 bridgehead atoms. The lowest BCUT2D eigenvalue weighted by atomic mass is 10.1. The smallest absolute Gasteiger partial charge is 0.275 e. The highest BCUT2D eigenvalue weighted by molar-refractivity contribution is 5.97.